The number of nitriles is 1. The minimum Gasteiger partial charge on any atom is -0.476 e. The SMILES string of the molecule is N#CCOc1c(Br)cc(/C=C2\SC(=Nc3cccc(Cl)c3Cl)NC2=O)cc1Br. The van der Waals surface area contributed by atoms with E-state index in [9.17, 15) is 4.79 Å². The number of hydrogen-bond acceptors (Lipinski definition) is 5. The van der Waals surface area contributed by atoms with Crippen LogP contribution in [0.5, 0.6) is 5.75 Å². The maximum absolute atomic E-state index is 12.3. The summed E-state index contributed by atoms with van der Waals surface area (Å²) in [5, 5.41) is 12.5. The van der Waals surface area contributed by atoms with Gasteiger partial charge >= 0.3 is 0 Å². The van der Waals surface area contributed by atoms with Crippen molar-refractivity contribution in [2.45, 2.75) is 0 Å². The van der Waals surface area contributed by atoms with Crippen LogP contribution in [0.2, 0.25) is 10.0 Å². The highest BCUT2D eigenvalue weighted by Crippen LogP contribution is 2.37. The molecular weight excluding hydrogens is 553 g/mol. The number of hydrogen-bond donors (Lipinski definition) is 1. The van der Waals surface area contributed by atoms with Gasteiger partial charge in [0.15, 0.2) is 11.8 Å². The molecule has 1 saturated heterocycles. The molecule has 10 heteroatoms. The van der Waals surface area contributed by atoms with E-state index in [0.717, 1.165) is 5.56 Å². The number of carbonyl (C=O) groups is 1. The van der Waals surface area contributed by atoms with Crippen molar-refractivity contribution in [3.63, 3.8) is 0 Å². The van der Waals surface area contributed by atoms with E-state index in [0.29, 0.717) is 40.5 Å². The van der Waals surface area contributed by atoms with Crippen LogP contribution >= 0.6 is 66.8 Å². The van der Waals surface area contributed by atoms with Gasteiger partial charge in [0.05, 0.1) is 29.6 Å². The smallest absolute Gasteiger partial charge is 0.264 e. The van der Waals surface area contributed by atoms with Gasteiger partial charge in [-0.2, -0.15) is 5.26 Å². The van der Waals surface area contributed by atoms with Gasteiger partial charge in [-0.25, -0.2) is 4.99 Å². The molecule has 0 unspecified atom stereocenters. The Balaban J connectivity index is 1.86. The summed E-state index contributed by atoms with van der Waals surface area (Å²) in [4.78, 5) is 17.1. The highest BCUT2D eigenvalue weighted by atomic mass is 79.9. The van der Waals surface area contributed by atoms with Crippen molar-refractivity contribution in [1.82, 2.24) is 5.32 Å². The summed E-state index contributed by atoms with van der Waals surface area (Å²) in [5.74, 6) is 0.254. The summed E-state index contributed by atoms with van der Waals surface area (Å²) < 4.78 is 6.68. The standard InChI is InChI=1S/C18H9Br2Cl2N3O2S/c19-10-6-9(7-11(20)16(10)27-5-4-23)8-14-17(26)25-18(28-14)24-13-3-1-2-12(21)15(13)22/h1-3,6-8H,5H2,(H,24,25,26)/b14-8-. The van der Waals surface area contributed by atoms with Gasteiger partial charge in [0.1, 0.15) is 11.8 Å². The maximum Gasteiger partial charge on any atom is 0.264 e. The Hall–Kier alpha value is -1.50. The number of carbonyl (C=O) groups excluding carboxylic acids is 1. The average Bonchev–Trinajstić information content (AvgIpc) is 2.97. The van der Waals surface area contributed by atoms with Crippen molar-refractivity contribution >= 4 is 89.7 Å². The zero-order valence-electron chi connectivity index (χ0n) is 13.8. The van der Waals surface area contributed by atoms with Gasteiger partial charge in [0, 0.05) is 0 Å². The van der Waals surface area contributed by atoms with Crippen LogP contribution < -0.4 is 10.1 Å². The Morgan fingerprint density at radius 2 is 2.00 bits per heavy atom. The Morgan fingerprint density at radius 3 is 2.68 bits per heavy atom. The number of ether oxygens (including phenoxy) is 1. The van der Waals surface area contributed by atoms with Crippen molar-refractivity contribution in [3.05, 3.63) is 59.8 Å². The topological polar surface area (TPSA) is 74.5 Å². The summed E-state index contributed by atoms with van der Waals surface area (Å²) in [6.45, 7) is -0.0677. The third kappa shape index (κ3) is 4.91. The molecule has 1 aliphatic rings. The van der Waals surface area contributed by atoms with Gasteiger partial charge in [-0.05, 0) is 79.5 Å². The molecule has 1 N–H and O–H groups in total. The van der Waals surface area contributed by atoms with Gasteiger partial charge in [0.25, 0.3) is 5.91 Å². The Kier molecular flexibility index (Phi) is 7.07. The first-order valence-electron chi connectivity index (χ1n) is 7.61. The van der Waals surface area contributed by atoms with Crippen LogP contribution in [-0.2, 0) is 4.79 Å². The van der Waals surface area contributed by atoms with Crippen molar-refractivity contribution in [3.8, 4) is 11.8 Å². The van der Waals surface area contributed by atoms with Gasteiger partial charge in [0.2, 0.25) is 0 Å². The average molecular weight is 562 g/mol. The zero-order chi connectivity index (χ0) is 20.3. The van der Waals surface area contributed by atoms with Crippen molar-refractivity contribution in [2.75, 3.05) is 6.61 Å². The molecule has 0 aromatic heterocycles. The van der Waals surface area contributed by atoms with Crippen LogP contribution in [0.1, 0.15) is 5.56 Å². The molecule has 1 heterocycles. The van der Waals surface area contributed by atoms with E-state index in [1.54, 1.807) is 36.4 Å². The highest BCUT2D eigenvalue weighted by molar-refractivity contribution is 9.11. The second-order valence-electron chi connectivity index (χ2n) is 5.32. The number of benzene rings is 2. The minimum atomic E-state index is -0.265. The summed E-state index contributed by atoms with van der Waals surface area (Å²) >= 11 is 20.2. The van der Waals surface area contributed by atoms with E-state index in [-0.39, 0.29) is 12.5 Å². The first-order valence-corrected chi connectivity index (χ1v) is 10.8. The van der Waals surface area contributed by atoms with E-state index in [4.69, 9.17) is 33.2 Å². The van der Waals surface area contributed by atoms with Crippen LogP contribution in [-0.4, -0.2) is 17.7 Å². The first kappa shape index (κ1) is 21.2. The second-order valence-corrected chi connectivity index (χ2v) is 8.84. The van der Waals surface area contributed by atoms with E-state index in [1.165, 1.54) is 11.8 Å². The molecular formula is C18H9Br2Cl2N3O2S. The molecule has 142 valence electrons. The Labute approximate surface area is 192 Å². The highest BCUT2D eigenvalue weighted by Gasteiger charge is 2.24. The second kappa shape index (κ2) is 9.33. The fourth-order valence-corrected chi connectivity index (χ4v) is 4.85. The third-order valence-electron chi connectivity index (χ3n) is 3.40. The van der Waals surface area contributed by atoms with Crippen molar-refractivity contribution in [1.29, 1.82) is 5.26 Å². The molecule has 28 heavy (non-hydrogen) atoms. The summed E-state index contributed by atoms with van der Waals surface area (Å²) in [6.07, 6.45) is 1.73. The van der Waals surface area contributed by atoms with Crippen LogP contribution in [0.3, 0.4) is 0 Å². The van der Waals surface area contributed by atoms with Gasteiger partial charge in [-0.3, -0.25) is 4.79 Å². The van der Waals surface area contributed by atoms with E-state index in [2.05, 4.69) is 42.2 Å². The molecule has 2 aromatic carbocycles. The largest absolute Gasteiger partial charge is 0.476 e. The quantitative estimate of drug-likeness (QED) is 0.444. The van der Waals surface area contributed by atoms with Crippen molar-refractivity contribution in [2.24, 2.45) is 4.99 Å². The summed E-state index contributed by atoms with van der Waals surface area (Å²) in [6, 6.07) is 10.6. The Bertz CT molecular complexity index is 1040. The minimum absolute atomic E-state index is 0.0677. The molecule has 0 atom stereocenters. The van der Waals surface area contributed by atoms with E-state index >= 15 is 0 Å². The lowest BCUT2D eigenvalue weighted by Gasteiger charge is -2.08. The number of nitrogens with one attached hydrogen (secondary N) is 1. The molecule has 1 aliphatic heterocycles. The molecule has 0 bridgehead atoms. The normalized spacial score (nSPS) is 16.3. The van der Waals surface area contributed by atoms with E-state index in [1.807, 2.05) is 6.07 Å². The number of amidine groups is 1. The van der Waals surface area contributed by atoms with Crippen LogP contribution in [0.25, 0.3) is 6.08 Å². The number of aliphatic imine (C=N–C) groups is 1. The molecule has 0 saturated carbocycles. The predicted molar refractivity (Wildman–Crippen MR) is 120 cm³/mol. The zero-order valence-corrected chi connectivity index (χ0v) is 19.3. The summed E-state index contributed by atoms with van der Waals surface area (Å²) in [7, 11) is 0. The number of halogens is 4. The molecule has 0 spiro atoms. The monoisotopic (exact) mass is 559 g/mol. The fraction of sp³-hybridized carbons (Fsp3) is 0.0556. The van der Waals surface area contributed by atoms with Crippen LogP contribution in [0.15, 0.2) is 49.2 Å². The van der Waals surface area contributed by atoms with Crippen LogP contribution in [0.4, 0.5) is 5.69 Å². The van der Waals surface area contributed by atoms with Gasteiger partial charge < -0.3 is 10.1 Å². The fourth-order valence-electron chi connectivity index (χ4n) is 2.23. The summed E-state index contributed by atoms with van der Waals surface area (Å²) in [5.41, 5.74) is 1.24. The molecule has 1 amide bonds. The van der Waals surface area contributed by atoms with Gasteiger partial charge in [-0.1, -0.05) is 29.3 Å². The predicted octanol–water partition coefficient (Wildman–Crippen LogP) is 6.31. The lowest BCUT2D eigenvalue weighted by atomic mass is 10.2. The molecule has 0 aliphatic carbocycles. The molecule has 1 fully saturated rings. The molecule has 5 nitrogen and oxygen atoms in total. The molecule has 3 rings (SSSR count). The first-order chi connectivity index (χ1) is 13.4. The van der Waals surface area contributed by atoms with E-state index < -0.39 is 0 Å². The van der Waals surface area contributed by atoms with Gasteiger partial charge in [-0.15, -0.1) is 0 Å². The molecule has 2 aromatic rings. The number of rotatable bonds is 4. The number of thioether (sulfide) groups is 1. The van der Waals surface area contributed by atoms with Crippen molar-refractivity contribution < 1.29 is 9.53 Å². The number of nitrogens with zero attached hydrogens (tertiary/aromatic N) is 2. The lowest BCUT2D eigenvalue weighted by Crippen LogP contribution is -2.19. The molecule has 0 radical (unpaired) electrons. The number of amides is 1. The maximum atomic E-state index is 12.3. The Morgan fingerprint density at radius 1 is 1.29 bits per heavy atom. The lowest BCUT2D eigenvalue weighted by molar-refractivity contribution is -0.115. The van der Waals surface area contributed by atoms with Crippen LogP contribution in [0, 0.1) is 11.3 Å². The third-order valence-corrected chi connectivity index (χ3v) is 6.30.